The molecule has 21 heavy (non-hydrogen) atoms. The van der Waals surface area contributed by atoms with Gasteiger partial charge in [0.15, 0.2) is 0 Å². The molecule has 1 N–H and O–H groups in total. The Bertz CT molecular complexity index is 576. The van der Waals surface area contributed by atoms with Crippen molar-refractivity contribution in [2.24, 2.45) is 0 Å². The minimum Gasteiger partial charge on any atom is -0.464 e. The Balaban J connectivity index is 2.28. The number of ether oxygens (including phenoxy) is 1. The van der Waals surface area contributed by atoms with E-state index < -0.39 is 0 Å². The lowest BCUT2D eigenvalue weighted by atomic mass is 10.3. The predicted octanol–water partition coefficient (Wildman–Crippen LogP) is 2.87. The van der Waals surface area contributed by atoms with Gasteiger partial charge in [-0.15, -0.1) is 0 Å². The van der Waals surface area contributed by atoms with Gasteiger partial charge in [-0.1, -0.05) is 0 Å². The van der Waals surface area contributed by atoms with Crippen LogP contribution in [0.4, 0.5) is 5.95 Å². The Morgan fingerprint density at radius 1 is 1.10 bits per heavy atom. The fourth-order valence-corrected chi connectivity index (χ4v) is 2.64. The van der Waals surface area contributed by atoms with Gasteiger partial charge in [0.2, 0.25) is 11.1 Å². The molecule has 0 radical (unpaired) electrons. The summed E-state index contributed by atoms with van der Waals surface area (Å²) in [7, 11) is 0. The molecule has 0 amide bonds. The predicted molar refractivity (Wildman–Crippen MR) is 83.0 cm³/mol. The van der Waals surface area contributed by atoms with Crippen molar-refractivity contribution in [1.82, 2.24) is 19.9 Å². The Labute approximate surface area is 128 Å². The van der Waals surface area contributed by atoms with Gasteiger partial charge in [-0.3, -0.25) is 0 Å². The summed E-state index contributed by atoms with van der Waals surface area (Å²) in [4.78, 5) is 17.4. The largest absolute Gasteiger partial charge is 0.464 e. The summed E-state index contributed by atoms with van der Waals surface area (Å²) < 4.78 is 5.38. The number of rotatable bonds is 6. The summed E-state index contributed by atoms with van der Waals surface area (Å²) in [5.41, 5.74) is 2.14. The van der Waals surface area contributed by atoms with Crippen molar-refractivity contribution < 1.29 is 4.74 Å². The molecule has 2 aromatic heterocycles. The molecule has 0 spiro atoms. The maximum Gasteiger partial charge on any atom is 0.322 e. The quantitative estimate of drug-likeness (QED) is 0.879. The van der Waals surface area contributed by atoms with E-state index in [9.17, 15) is 0 Å². The molecule has 0 aliphatic carbocycles. The summed E-state index contributed by atoms with van der Waals surface area (Å²) in [6.45, 7) is 9.16. The molecule has 0 atom stereocenters. The second-order valence-electron chi connectivity index (χ2n) is 4.41. The molecule has 2 heterocycles. The minimum atomic E-state index is 0.329. The third-order valence-corrected chi connectivity index (χ3v) is 3.26. The maximum absolute atomic E-state index is 5.38. The van der Waals surface area contributed by atoms with Gasteiger partial charge >= 0.3 is 6.01 Å². The number of hydrogen-bond acceptors (Lipinski definition) is 7. The maximum atomic E-state index is 5.38. The van der Waals surface area contributed by atoms with Crippen molar-refractivity contribution in [3.63, 3.8) is 0 Å². The molecule has 0 saturated carbocycles. The van der Waals surface area contributed by atoms with E-state index in [1.54, 1.807) is 0 Å². The molecular weight excluding hydrogens is 286 g/mol. The second kappa shape index (κ2) is 7.21. The van der Waals surface area contributed by atoms with Crippen LogP contribution in [0.5, 0.6) is 6.01 Å². The van der Waals surface area contributed by atoms with Crippen LogP contribution in [0, 0.1) is 13.8 Å². The van der Waals surface area contributed by atoms with Gasteiger partial charge in [-0.25, -0.2) is 4.98 Å². The summed E-state index contributed by atoms with van der Waals surface area (Å²) in [6, 6.07) is 4.37. The van der Waals surface area contributed by atoms with Crippen molar-refractivity contribution in [3.05, 3.63) is 23.4 Å². The highest BCUT2D eigenvalue weighted by Gasteiger charge is 2.10. The minimum absolute atomic E-state index is 0.329. The molecule has 0 aromatic carbocycles. The number of anilines is 1. The van der Waals surface area contributed by atoms with Gasteiger partial charge in [0, 0.05) is 12.2 Å². The van der Waals surface area contributed by atoms with Gasteiger partial charge in [-0.05, 0) is 57.2 Å². The van der Waals surface area contributed by atoms with Gasteiger partial charge in [-0.2, -0.15) is 15.0 Å². The van der Waals surface area contributed by atoms with E-state index in [2.05, 4.69) is 25.3 Å². The van der Waals surface area contributed by atoms with Crippen LogP contribution >= 0.6 is 11.8 Å². The lowest BCUT2D eigenvalue weighted by molar-refractivity contribution is 0.308. The van der Waals surface area contributed by atoms with Crippen LogP contribution in [0.2, 0.25) is 0 Å². The first-order valence-electron chi connectivity index (χ1n) is 6.86. The zero-order chi connectivity index (χ0) is 15.2. The third-order valence-electron chi connectivity index (χ3n) is 2.47. The first kappa shape index (κ1) is 15.5. The van der Waals surface area contributed by atoms with Gasteiger partial charge in [0.1, 0.15) is 5.03 Å². The van der Waals surface area contributed by atoms with E-state index in [1.807, 2.05) is 39.8 Å². The highest BCUT2D eigenvalue weighted by molar-refractivity contribution is 7.99. The van der Waals surface area contributed by atoms with Crippen LogP contribution in [0.3, 0.4) is 0 Å². The van der Waals surface area contributed by atoms with Gasteiger partial charge in [0.05, 0.1) is 6.61 Å². The summed E-state index contributed by atoms with van der Waals surface area (Å²) >= 11 is 1.40. The summed E-state index contributed by atoms with van der Waals surface area (Å²) in [6.07, 6.45) is 0. The fraction of sp³-hybridized carbons (Fsp3) is 0.429. The number of aryl methyl sites for hydroxylation is 2. The highest BCUT2D eigenvalue weighted by atomic mass is 32.2. The van der Waals surface area contributed by atoms with Crippen LogP contribution < -0.4 is 10.1 Å². The molecule has 7 heteroatoms. The average Bonchev–Trinajstić information content (AvgIpc) is 2.37. The SMILES string of the molecule is CCNc1nc(OCC)nc(Sc2cc(C)cc(C)n2)n1. The molecule has 2 rings (SSSR count). The van der Waals surface area contributed by atoms with Crippen LogP contribution in [0.1, 0.15) is 25.1 Å². The van der Waals surface area contributed by atoms with E-state index in [0.717, 1.165) is 22.8 Å². The molecule has 0 bridgehead atoms. The fourth-order valence-electron chi connectivity index (χ4n) is 1.76. The standard InChI is InChI=1S/C14H19N5OS/c1-5-15-12-17-13(20-6-2)19-14(18-12)21-11-8-9(3)7-10(4)16-11/h7-8H,5-6H2,1-4H3,(H,15,17,18,19). The Hall–Kier alpha value is -1.89. The molecule has 0 aliphatic heterocycles. The second-order valence-corrected chi connectivity index (χ2v) is 5.40. The third kappa shape index (κ3) is 4.56. The monoisotopic (exact) mass is 305 g/mol. The van der Waals surface area contributed by atoms with E-state index in [4.69, 9.17) is 4.74 Å². The lowest BCUT2D eigenvalue weighted by Crippen LogP contribution is -2.07. The van der Waals surface area contributed by atoms with Crippen molar-refractivity contribution in [3.8, 4) is 6.01 Å². The number of pyridine rings is 1. The van der Waals surface area contributed by atoms with E-state index in [-0.39, 0.29) is 0 Å². The number of nitrogens with zero attached hydrogens (tertiary/aromatic N) is 4. The Morgan fingerprint density at radius 2 is 1.90 bits per heavy atom. The topological polar surface area (TPSA) is 72.8 Å². The zero-order valence-electron chi connectivity index (χ0n) is 12.7. The molecule has 112 valence electrons. The van der Waals surface area contributed by atoms with Crippen LogP contribution in [0.25, 0.3) is 0 Å². The molecule has 2 aromatic rings. The Kier molecular flexibility index (Phi) is 5.32. The molecule has 0 aliphatic rings. The number of aromatic nitrogens is 4. The normalized spacial score (nSPS) is 10.5. The first-order valence-corrected chi connectivity index (χ1v) is 7.68. The van der Waals surface area contributed by atoms with Crippen molar-refractivity contribution in [2.75, 3.05) is 18.5 Å². The zero-order valence-corrected chi connectivity index (χ0v) is 13.5. The van der Waals surface area contributed by atoms with Crippen molar-refractivity contribution in [2.45, 2.75) is 37.9 Å². The van der Waals surface area contributed by atoms with Crippen molar-refractivity contribution in [1.29, 1.82) is 0 Å². The number of nitrogens with one attached hydrogen (secondary N) is 1. The highest BCUT2D eigenvalue weighted by Crippen LogP contribution is 2.25. The Morgan fingerprint density at radius 3 is 2.57 bits per heavy atom. The summed E-state index contributed by atoms with van der Waals surface area (Å²) in [5.74, 6) is 0.517. The van der Waals surface area contributed by atoms with Gasteiger partial charge in [0.25, 0.3) is 0 Å². The molecular formula is C14H19N5OS. The van der Waals surface area contributed by atoms with E-state index in [1.165, 1.54) is 11.8 Å². The van der Waals surface area contributed by atoms with Crippen LogP contribution in [-0.4, -0.2) is 33.1 Å². The van der Waals surface area contributed by atoms with Crippen LogP contribution in [0.15, 0.2) is 22.3 Å². The van der Waals surface area contributed by atoms with E-state index in [0.29, 0.717) is 23.7 Å². The smallest absolute Gasteiger partial charge is 0.322 e. The lowest BCUT2D eigenvalue weighted by Gasteiger charge is -2.07. The summed E-state index contributed by atoms with van der Waals surface area (Å²) in [5, 5.41) is 4.51. The van der Waals surface area contributed by atoms with Crippen LogP contribution in [-0.2, 0) is 0 Å². The molecule has 6 nitrogen and oxygen atoms in total. The van der Waals surface area contributed by atoms with Crippen molar-refractivity contribution >= 4 is 17.7 Å². The van der Waals surface area contributed by atoms with Gasteiger partial charge < -0.3 is 10.1 Å². The average molecular weight is 305 g/mol. The first-order chi connectivity index (χ1) is 10.1. The molecule has 0 saturated heterocycles. The molecule has 0 fully saturated rings. The van der Waals surface area contributed by atoms with E-state index >= 15 is 0 Å². The molecule has 0 unspecified atom stereocenters. The number of hydrogen-bond donors (Lipinski definition) is 1.